The van der Waals surface area contributed by atoms with Gasteiger partial charge in [0.2, 0.25) is 0 Å². The van der Waals surface area contributed by atoms with E-state index in [0.29, 0.717) is 8.49 Å². The molecule has 0 bridgehead atoms. The Labute approximate surface area is 152 Å². The molecule has 0 rings (SSSR count). The molecule has 0 amide bonds. The van der Waals surface area contributed by atoms with E-state index >= 15 is 0 Å². The van der Waals surface area contributed by atoms with E-state index in [1.807, 2.05) is 0 Å². The van der Waals surface area contributed by atoms with Gasteiger partial charge in [-0.05, 0) is 0 Å². The Hall–Kier alpha value is 1.09. The van der Waals surface area contributed by atoms with Crippen molar-refractivity contribution >= 4 is 25.8 Å². The molecule has 0 fully saturated rings. The van der Waals surface area contributed by atoms with Crippen LogP contribution in [0.3, 0.4) is 0 Å². The van der Waals surface area contributed by atoms with E-state index in [1.54, 1.807) is 0 Å². The summed E-state index contributed by atoms with van der Waals surface area (Å²) in [5, 5.41) is 0. The van der Waals surface area contributed by atoms with Gasteiger partial charge >= 0.3 is 153 Å². The predicted octanol–water partition coefficient (Wildman–Crippen LogP) is 6.56. The van der Waals surface area contributed by atoms with Gasteiger partial charge in [0.25, 0.3) is 0 Å². The summed E-state index contributed by atoms with van der Waals surface area (Å²) in [5.74, 6) is 5.00. The second-order valence-corrected chi connectivity index (χ2v) is 19.2. The first-order valence-electron chi connectivity index (χ1n) is 9.41. The van der Waals surface area contributed by atoms with E-state index in [0.717, 1.165) is 35.5 Å². The van der Waals surface area contributed by atoms with Crippen molar-refractivity contribution in [3.63, 3.8) is 0 Å². The third kappa shape index (κ3) is 4.38. The Bertz CT molecular complexity index is 271. The van der Waals surface area contributed by atoms with Crippen molar-refractivity contribution in [2.24, 2.45) is 35.5 Å². The molecular weight excluding hydrogens is 385 g/mol. The Balaban J connectivity index is 6.10. The fourth-order valence-corrected chi connectivity index (χ4v) is 33.2. The average Bonchev–Trinajstić information content (AvgIpc) is 2.31. The van der Waals surface area contributed by atoms with Crippen molar-refractivity contribution in [3.05, 3.63) is 0 Å². The molecule has 0 aliphatic carbocycles. The third-order valence-electron chi connectivity index (χ3n) is 6.23. The van der Waals surface area contributed by atoms with Crippen LogP contribution in [-0.4, -0.2) is 25.8 Å². The molecule has 0 aromatic heterocycles. The zero-order chi connectivity index (χ0) is 17.9. The van der Waals surface area contributed by atoms with Gasteiger partial charge in [-0.2, -0.15) is 0 Å². The van der Waals surface area contributed by atoms with E-state index in [2.05, 4.69) is 83.1 Å². The normalized spacial score (nSPS) is 14.8. The Morgan fingerprint density at radius 2 is 0.500 bits per heavy atom. The summed E-state index contributed by atoms with van der Waals surface area (Å²) in [4.78, 5) is 0. The van der Waals surface area contributed by atoms with Crippen LogP contribution in [0, 0.1) is 35.5 Å². The molecule has 0 aliphatic rings. The summed E-state index contributed by atoms with van der Waals surface area (Å²) >= 11 is 0.242. The molecule has 0 aliphatic heterocycles. The molecule has 2 heteroatoms. The summed E-state index contributed by atoms with van der Waals surface area (Å²) in [6.07, 6.45) is 0. The van der Waals surface area contributed by atoms with Crippen LogP contribution in [0.25, 0.3) is 0 Å². The molecule has 0 saturated heterocycles. The van der Waals surface area contributed by atoms with Crippen molar-refractivity contribution in [1.82, 2.24) is 0 Å². The minimum absolute atomic E-state index is 0.121. The number of rotatable bonds is 8. The molecule has 0 atom stereocenters. The van der Waals surface area contributed by atoms with Gasteiger partial charge in [0, 0.05) is 0 Å². The van der Waals surface area contributed by atoms with Crippen LogP contribution in [0.1, 0.15) is 83.1 Å². The minimum atomic E-state index is 0.121. The van der Waals surface area contributed by atoms with Crippen molar-refractivity contribution < 1.29 is 0 Å². The summed E-state index contributed by atoms with van der Waals surface area (Å²) in [6, 6.07) is 0. The molecule has 0 aromatic rings. The Kier molecular flexibility index (Phi) is 9.41. The van der Waals surface area contributed by atoms with Gasteiger partial charge in [-0.3, -0.25) is 0 Å². The van der Waals surface area contributed by atoms with Crippen LogP contribution in [0.4, 0.5) is 0 Å². The van der Waals surface area contributed by atoms with Crippen LogP contribution in [0.2, 0.25) is 8.49 Å². The standard InChI is InChI=1S/C20H42Ge2/c1-13(2)19(14(3)4,15(5)6)21-22-20(16(7)8,17(9)10)18(11)12/h13-18H,1-12H3. The van der Waals surface area contributed by atoms with Gasteiger partial charge in [0.1, 0.15) is 0 Å². The molecule has 2 radical (unpaired) electrons. The maximum absolute atomic E-state index is 2.50. The van der Waals surface area contributed by atoms with Crippen molar-refractivity contribution in [2.75, 3.05) is 0 Å². The summed E-state index contributed by atoms with van der Waals surface area (Å²) in [5.41, 5.74) is 0. The molecule has 0 unspecified atom stereocenters. The van der Waals surface area contributed by atoms with Crippen LogP contribution in [-0.2, 0) is 0 Å². The predicted molar refractivity (Wildman–Crippen MR) is 106 cm³/mol. The zero-order valence-electron chi connectivity index (χ0n) is 17.5. The van der Waals surface area contributed by atoms with Crippen molar-refractivity contribution in [2.45, 2.75) is 91.6 Å². The van der Waals surface area contributed by atoms with Gasteiger partial charge in [-0.1, -0.05) is 0 Å². The second kappa shape index (κ2) is 8.97. The molecule has 0 nitrogen and oxygen atoms in total. The SMILES string of the molecule is CC(C)[C]([Ge]=[Ge][C](C(C)C)(C(C)C)C(C)C)(C(C)C)C(C)C. The van der Waals surface area contributed by atoms with Crippen molar-refractivity contribution in [3.8, 4) is 0 Å². The van der Waals surface area contributed by atoms with E-state index < -0.39 is 0 Å². The van der Waals surface area contributed by atoms with E-state index in [4.69, 9.17) is 0 Å². The van der Waals surface area contributed by atoms with Crippen molar-refractivity contribution in [1.29, 1.82) is 0 Å². The van der Waals surface area contributed by atoms with Crippen LogP contribution in [0.5, 0.6) is 0 Å². The first-order valence-corrected chi connectivity index (χ1v) is 18.0. The van der Waals surface area contributed by atoms with E-state index in [9.17, 15) is 0 Å². The molecule has 0 spiro atoms. The fourth-order valence-electron chi connectivity index (χ4n) is 5.08. The Morgan fingerprint density at radius 3 is 0.591 bits per heavy atom. The molecule has 130 valence electrons. The van der Waals surface area contributed by atoms with Gasteiger partial charge in [0.05, 0.1) is 0 Å². The molecule has 0 heterocycles. The molecule has 0 aromatic carbocycles. The molecule has 0 saturated carbocycles. The zero-order valence-corrected chi connectivity index (χ0v) is 21.7. The van der Waals surface area contributed by atoms with Crippen LogP contribution in [0.15, 0.2) is 0 Å². The second-order valence-electron chi connectivity index (χ2n) is 9.04. The van der Waals surface area contributed by atoms with Gasteiger partial charge in [0.15, 0.2) is 0 Å². The third-order valence-corrected chi connectivity index (χ3v) is 26.4. The summed E-state index contributed by atoms with van der Waals surface area (Å²) in [7, 11) is 0. The maximum atomic E-state index is 2.50. The van der Waals surface area contributed by atoms with Gasteiger partial charge in [-0.25, -0.2) is 0 Å². The first-order chi connectivity index (χ1) is 9.87. The van der Waals surface area contributed by atoms with Gasteiger partial charge in [-0.15, -0.1) is 0 Å². The molecular formula is C20H42Ge2. The first kappa shape index (κ1) is 23.1. The number of hydrogen-bond acceptors (Lipinski definition) is 0. The molecule has 0 N–H and O–H groups in total. The quantitative estimate of drug-likeness (QED) is 0.385. The summed E-state index contributed by atoms with van der Waals surface area (Å²) in [6.45, 7) is 30.0. The number of hydrogen-bond donors (Lipinski definition) is 0. The monoisotopic (exact) mass is 430 g/mol. The Morgan fingerprint density at radius 1 is 0.364 bits per heavy atom. The molecule has 22 heavy (non-hydrogen) atoms. The summed E-state index contributed by atoms with van der Waals surface area (Å²) < 4.78 is 1.29. The topological polar surface area (TPSA) is 0 Å². The van der Waals surface area contributed by atoms with Crippen LogP contribution < -0.4 is 0 Å². The fraction of sp³-hybridized carbons (Fsp3) is 1.00. The van der Waals surface area contributed by atoms with E-state index in [-0.39, 0.29) is 25.8 Å². The average molecular weight is 428 g/mol. The van der Waals surface area contributed by atoms with E-state index in [1.165, 1.54) is 0 Å². The van der Waals surface area contributed by atoms with Gasteiger partial charge < -0.3 is 0 Å². The van der Waals surface area contributed by atoms with Crippen LogP contribution >= 0.6 is 0 Å².